The summed E-state index contributed by atoms with van der Waals surface area (Å²) in [6.45, 7) is 0. The lowest BCUT2D eigenvalue weighted by Crippen LogP contribution is -2.12. The van der Waals surface area contributed by atoms with Crippen LogP contribution >= 0.6 is 23.2 Å². The fourth-order valence-corrected chi connectivity index (χ4v) is 1.23. The summed E-state index contributed by atoms with van der Waals surface area (Å²) in [6, 6.07) is 4.62. The number of carbonyl (C=O) groups excluding carboxylic acids is 1. The van der Waals surface area contributed by atoms with Crippen LogP contribution in [0.2, 0.25) is 5.02 Å². The number of hydrogen-bond donors (Lipinski definition) is 1. The van der Waals surface area contributed by atoms with Crippen molar-refractivity contribution in [2.45, 2.75) is 0 Å². The molecule has 82 valence electrons. The minimum Gasteiger partial charge on any atom is -0.495 e. The normalized spacial score (nSPS) is 9.53. The van der Waals surface area contributed by atoms with Crippen LogP contribution in [0.4, 0.5) is 10.5 Å². The summed E-state index contributed by atoms with van der Waals surface area (Å²) in [5.41, 5.74) is 0.520. The van der Waals surface area contributed by atoms with E-state index in [1.165, 1.54) is 7.11 Å². The van der Waals surface area contributed by atoms with Gasteiger partial charge in [-0.15, -0.1) is 0 Å². The lowest BCUT2D eigenvalue weighted by Gasteiger charge is -2.07. The molecule has 1 aromatic rings. The first-order valence-electron chi connectivity index (χ1n) is 4.00. The Kier molecular flexibility index (Phi) is 4.52. The zero-order valence-electron chi connectivity index (χ0n) is 7.92. The van der Waals surface area contributed by atoms with Crippen LogP contribution in [0.15, 0.2) is 18.2 Å². The molecule has 0 bridgehead atoms. The van der Waals surface area contributed by atoms with E-state index in [-0.39, 0.29) is 6.07 Å². The number of carbonyl (C=O) groups is 1. The van der Waals surface area contributed by atoms with E-state index in [4.69, 9.17) is 27.9 Å². The van der Waals surface area contributed by atoms with E-state index in [2.05, 4.69) is 10.1 Å². The average Bonchev–Trinajstić information content (AvgIpc) is 2.21. The van der Waals surface area contributed by atoms with Gasteiger partial charge in [0.25, 0.3) is 0 Å². The summed E-state index contributed by atoms with van der Waals surface area (Å²) in [5, 5.41) is 2.93. The monoisotopic (exact) mass is 249 g/mol. The zero-order valence-corrected chi connectivity index (χ0v) is 9.43. The number of alkyl halides is 1. The SMILES string of the molecule is COc1cc(NC(=O)OCCl)ccc1Cl. The summed E-state index contributed by atoms with van der Waals surface area (Å²) in [6.07, 6.45) is -0.630. The number of methoxy groups -OCH3 is 1. The highest BCUT2D eigenvalue weighted by Gasteiger charge is 2.05. The lowest BCUT2D eigenvalue weighted by molar-refractivity contribution is 0.180. The topological polar surface area (TPSA) is 47.6 Å². The molecule has 1 N–H and O–H groups in total. The molecule has 0 atom stereocenters. The molecule has 1 rings (SSSR count). The van der Waals surface area contributed by atoms with Gasteiger partial charge in [0.05, 0.1) is 12.1 Å². The van der Waals surface area contributed by atoms with Gasteiger partial charge < -0.3 is 9.47 Å². The van der Waals surface area contributed by atoms with E-state index in [1.54, 1.807) is 18.2 Å². The Bertz CT molecular complexity index is 357. The fourth-order valence-electron chi connectivity index (χ4n) is 0.941. The van der Waals surface area contributed by atoms with Crippen LogP contribution in [-0.4, -0.2) is 19.3 Å². The number of hydrogen-bond acceptors (Lipinski definition) is 3. The van der Waals surface area contributed by atoms with Gasteiger partial charge in [-0.3, -0.25) is 5.32 Å². The summed E-state index contributed by atoms with van der Waals surface area (Å²) < 4.78 is 9.47. The molecular weight excluding hydrogens is 241 g/mol. The molecule has 1 aromatic carbocycles. The van der Waals surface area contributed by atoms with Gasteiger partial charge in [-0.1, -0.05) is 23.2 Å². The third-order valence-electron chi connectivity index (χ3n) is 1.58. The molecule has 0 radical (unpaired) electrons. The quantitative estimate of drug-likeness (QED) is 0.838. The minimum absolute atomic E-state index is 0.198. The molecule has 0 aliphatic rings. The predicted molar refractivity (Wildman–Crippen MR) is 58.8 cm³/mol. The second kappa shape index (κ2) is 5.68. The minimum atomic E-state index is -0.630. The van der Waals surface area contributed by atoms with Gasteiger partial charge >= 0.3 is 6.09 Å². The molecule has 0 saturated carbocycles. The van der Waals surface area contributed by atoms with E-state index < -0.39 is 6.09 Å². The Morgan fingerprint density at radius 2 is 2.27 bits per heavy atom. The maximum Gasteiger partial charge on any atom is 0.412 e. The summed E-state index contributed by atoms with van der Waals surface area (Å²) in [5.74, 6) is 0.473. The Labute approximate surface area is 97.1 Å². The third kappa shape index (κ3) is 3.49. The van der Waals surface area contributed by atoms with Gasteiger partial charge in [0.1, 0.15) is 5.75 Å². The van der Waals surface area contributed by atoms with Crippen molar-refractivity contribution in [3.63, 3.8) is 0 Å². The third-order valence-corrected chi connectivity index (χ3v) is 2.00. The van der Waals surface area contributed by atoms with Gasteiger partial charge in [0, 0.05) is 11.8 Å². The van der Waals surface area contributed by atoms with Gasteiger partial charge in [-0.2, -0.15) is 0 Å². The van der Waals surface area contributed by atoms with Gasteiger partial charge in [-0.25, -0.2) is 4.79 Å². The Balaban J connectivity index is 2.74. The largest absolute Gasteiger partial charge is 0.495 e. The highest BCUT2D eigenvalue weighted by atomic mass is 35.5. The Morgan fingerprint density at radius 1 is 1.53 bits per heavy atom. The smallest absolute Gasteiger partial charge is 0.412 e. The first-order chi connectivity index (χ1) is 7.17. The number of benzene rings is 1. The Hall–Kier alpha value is -1.13. The summed E-state index contributed by atoms with van der Waals surface area (Å²) in [7, 11) is 1.49. The van der Waals surface area contributed by atoms with Crippen molar-refractivity contribution in [3.05, 3.63) is 23.2 Å². The number of nitrogens with one attached hydrogen (secondary N) is 1. The van der Waals surface area contributed by atoms with Crippen LogP contribution in [0.5, 0.6) is 5.75 Å². The summed E-state index contributed by atoms with van der Waals surface area (Å²) in [4.78, 5) is 11.0. The lowest BCUT2D eigenvalue weighted by atomic mass is 10.3. The number of halogens is 2. The highest BCUT2D eigenvalue weighted by Crippen LogP contribution is 2.27. The molecule has 0 heterocycles. The molecular formula is C9H9Cl2NO3. The maximum absolute atomic E-state index is 11.0. The van der Waals surface area contributed by atoms with E-state index >= 15 is 0 Å². The number of rotatable bonds is 3. The Morgan fingerprint density at radius 3 is 2.87 bits per heavy atom. The second-order valence-corrected chi connectivity index (χ2v) is 3.14. The summed E-state index contributed by atoms with van der Waals surface area (Å²) >= 11 is 11.0. The van der Waals surface area contributed by atoms with Crippen LogP contribution in [-0.2, 0) is 4.74 Å². The van der Waals surface area contributed by atoms with Crippen molar-refractivity contribution in [3.8, 4) is 5.75 Å². The standard InChI is InChI=1S/C9H9Cl2NO3/c1-14-8-4-6(2-3-7(8)11)12-9(13)15-5-10/h2-4H,5H2,1H3,(H,12,13). The van der Waals surface area contributed by atoms with Crippen LogP contribution in [0.1, 0.15) is 0 Å². The highest BCUT2D eigenvalue weighted by molar-refractivity contribution is 6.32. The molecule has 0 spiro atoms. The number of amides is 1. The van der Waals surface area contributed by atoms with Gasteiger partial charge in [-0.05, 0) is 12.1 Å². The van der Waals surface area contributed by atoms with Crippen LogP contribution in [0, 0.1) is 0 Å². The van der Waals surface area contributed by atoms with Crippen molar-refractivity contribution >= 4 is 35.0 Å². The average molecular weight is 250 g/mol. The second-order valence-electron chi connectivity index (χ2n) is 2.52. The fraction of sp³-hybridized carbons (Fsp3) is 0.222. The van der Waals surface area contributed by atoms with E-state index in [1.807, 2.05) is 0 Å². The molecule has 0 aliphatic carbocycles. The first kappa shape index (κ1) is 11.9. The molecule has 0 aliphatic heterocycles. The van der Waals surface area contributed by atoms with Crippen molar-refractivity contribution in [1.82, 2.24) is 0 Å². The molecule has 0 aromatic heterocycles. The molecule has 1 amide bonds. The zero-order chi connectivity index (χ0) is 11.3. The first-order valence-corrected chi connectivity index (χ1v) is 4.92. The molecule has 15 heavy (non-hydrogen) atoms. The molecule has 0 fully saturated rings. The molecule has 0 unspecified atom stereocenters. The maximum atomic E-state index is 11.0. The van der Waals surface area contributed by atoms with Crippen LogP contribution in [0.3, 0.4) is 0 Å². The van der Waals surface area contributed by atoms with Crippen molar-refractivity contribution in [2.75, 3.05) is 18.5 Å². The van der Waals surface area contributed by atoms with Crippen LogP contribution < -0.4 is 10.1 Å². The molecule has 6 heteroatoms. The van der Waals surface area contributed by atoms with E-state index in [0.717, 1.165) is 0 Å². The number of anilines is 1. The van der Waals surface area contributed by atoms with Crippen molar-refractivity contribution < 1.29 is 14.3 Å². The predicted octanol–water partition coefficient (Wildman–Crippen LogP) is 3.09. The van der Waals surface area contributed by atoms with Gasteiger partial charge in [0.15, 0.2) is 6.07 Å². The van der Waals surface area contributed by atoms with Gasteiger partial charge in [0.2, 0.25) is 0 Å². The molecule has 0 saturated heterocycles. The van der Waals surface area contributed by atoms with Crippen molar-refractivity contribution in [2.24, 2.45) is 0 Å². The molecule has 4 nitrogen and oxygen atoms in total. The van der Waals surface area contributed by atoms with Crippen molar-refractivity contribution in [1.29, 1.82) is 0 Å². The number of ether oxygens (including phenoxy) is 2. The van der Waals surface area contributed by atoms with Crippen LogP contribution in [0.25, 0.3) is 0 Å². The van der Waals surface area contributed by atoms with E-state index in [0.29, 0.717) is 16.5 Å². The van der Waals surface area contributed by atoms with E-state index in [9.17, 15) is 4.79 Å².